The van der Waals surface area contributed by atoms with Gasteiger partial charge in [0.1, 0.15) is 17.2 Å². The number of benzene rings is 2. The van der Waals surface area contributed by atoms with Crippen molar-refractivity contribution in [2.75, 3.05) is 12.8 Å². The van der Waals surface area contributed by atoms with Gasteiger partial charge in [0.2, 0.25) is 0 Å². The molecule has 0 saturated carbocycles. The predicted molar refractivity (Wildman–Crippen MR) is 73.3 cm³/mol. The molecule has 0 amide bonds. The Kier molecular flexibility index (Phi) is 3.72. The highest BCUT2D eigenvalue weighted by Crippen LogP contribution is 2.34. The van der Waals surface area contributed by atoms with E-state index in [0.717, 1.165) is 12.2 Å². The van der Waals surface area contributed by atoms with Crippen LogP contribution in [0.15, 0.2) is 42.5 Å². The molecular formula is C15H17NO2. The van der Waals surface area contributed by atoms with E-state index in [4.69, 9.17) is 15.2 Å². The Labute approximate surface area is 107 Å². The van der Waals surface area contributed by atoms with Crippen LogP contribution in [0, 0.1) is 0 Å². The molecule has 94 valence electrons. The topological polar surface area (TPSA) is 44.5 Å². The first kappa shape index (κ1) is 12.3. The van der Waals surface area contributed by atoms with E-state index in [1.54, 1.807) is 7.11 Å². The minimum atomic E-state index is 0.516. The molecule has 0 atom stereocenters. The molecule has 2 aromatic carbocycles. The molecule has 0 saturated heterocycles. The van der Waals surface area contributed by atoms with Crippen LogP contribution in [0.3, 0.4) is 0 Å². The van der Waals surface area contributed by atoms with Gasteiger partial charge >= 0.3 is 0 Å². The first-order valence-electron chi connectivity index (χ1n) is 5.94. The number of hydrogen-bond acceptors (Lipinski definition) is 3. The summed E-state index contributed by atoms with van der Waals surface area (Å²) in [6.45, 7) is 2.11. The van der Waals surface area contributed by atoms with Gasteiger partial charge in [0.25, 0.3) is 0 Å². The van der Waals surface area contributed by atoms with Gasteiger partial charge in [0.05, 0.1) is 7.11 Å². The molecule has 0 aliphatic carbocycles. The van der Waals surface area contributed by atoms with Gasteiger partial charge < -0.3 is 15.2 Å². The van der Waals surface area contributed by atoms with Crippen LogP contribution in [0.4, 0.5) is 5.69 Å². The number of nitrogen functional groups attached to an aromatic ring is 1. The molecule has 2 aromatic rings. The van der Waals surface area contributed by atoms with Crippen molar-refractivity contribution < 1.29 is 9.47 Å². The lowest BCUT2D eigenvalue weighted by Crippen LogP contribution is -1.96. The third kappa shape index (κ3) is 2.56. The minimum absolute atomic E-state index is 0.516. The quantitative estimate of drug-likeness (QED) is 0.834. The van der Waals surface area contributed by atoms with Crippen molar-refractivity contribution in [2.24, 2.45) is 0 Å². The van der Waals surface area contributed by atoms with Crippen molar-refractivity contribution in [3.8, 4) is 17.2 Å². The van der Waals surface area contributed by atoms with Crippen molar-refractivity contribution in [3.05, 3.63) is 48.0 Å². The van der Waals surface area contributed by atoms with E-state index >= 15 is 0 Å². The summed E-state index contributed by atoms with van der Waals surface area (Å²) in [5, 5.41) is 0. The zero-order valence-corrected chi connectivity index (χ0v) is 10.6. The summed E-state index contributed by atoms with van der Waals surface area (Å²) in [6, 6.07) is 13.5. The fourth-order valence-electron chi connectivity index (χ4n) is 1.75. The van der Waals surface area contributed by atoms with E-state index < -0.39 is 0 Å². The van der Waals surface area contributed by atoms with Gasteiger partial charge in [-0.1, -0.05) is 25.1 Å². The monoisotopic (exact) mass is 243 g/mol. The third-order valence-corrected chi connectivity index (χ3v) is 2.78. The average molecular weight is 243 g/mol. The molecule has 0 bridgehead atoms. The van der Waals surface area contributed by atoms with Gasteiger partial charge in [-0.3, -0.25) is 0 Å². The normalized spacial score (nSPS) is 10.1. The molecule has 2 rings (SSSR count). The van der Waals surface area contributed by atoms with Crippen LogP contribution in [-0.2, 0) is 6.42 Å². The Morgan fingerprint density at radius 3 is 2.50 bits per heavy atom. The smallest absolute Gasteiger partial charge is 0.154 e. The second-order valence-corrected chi connectivity index (χ2v) is 3.98. The fourth-order valence-corrected chi connectivity index (χ4v) is 1.75. The van der Waals surface area contributed by atoms with Gasteiger partial charge in [0.15, 0.2) is 5.75 Å². The lowest BCUT2D eigenvalue weighted by atomic mass is 10.2. The maximum Gasteiger partial charge on any atom is 0.154 e. The van der Waals surface area contributed by atoms with E-state index in [9.17, 15) is 0 Å². The number of hydrogen-bond donors (Lipinski definition) is 1. The molecule has 2 N–H and O–H groups in total. The molecule has 0 aliphatic heterocycles. The van der Waals surface area contributed by atoms with E-state index in [-0.39, 0.29) is 0 Å². The van der Waals surface area contributed by atoms with Crippen molar-refractivity contribution in [1.29, 1.82) is 0 Å². The second-order valence-electron chi connectivity index (χ2n) is 3.98. The Hall–Kier alpha value is -2.16. The summed E-state index contributed by atoms with van der Waals surface area (Å²) in [7, 11) is 1.59. The third-order valence-electron chi connectivity index (χ3n) is 2.78. The highest BCUT2D eigenvalue weighted by molar-refractivity contribution is 5.63. The molecule has 0 aliphatic rings. The summed E-state index contributed by atoms with van der Waals surface area (Å²) in [5.74, 6) is 2.02. The van der Waals surface area contributed by atoms with Crippen LogP contribution in [0.25, 0.3) is 0 Å². The van der Waals surface area contributed by atoms with Gasteiger partial charge in [-0.15, -0.1) is 0 Å². The molecule has 0 unspecified atom stereocenters. The summed E-state index contributed by atoms with van der Waals surface area (Å²) in [5.41, 5.74) is 7.71. The lowest BCUT2D eigenvalue weighted by molar-refractivity contribution is 0.412. The van der Waals surface area contributed by atoms with Crippen LogP contribution in [0.2, 0.25) is 0 Å². The van der Waals surface area contributed by atoms with Crippen LogP contribution >= 0.6 is 0 Å². The minimum Gasteiger partial charge on any atom is -0.494 e. The number of para-hydroxylation sites is 1. The summed E-state index contributed by atoms with van der Waals surface area (Å²) in [4.78, 5) is 0. The van der Waals surface area contributed by atoms with Crippen LogP contribution in [0.1, 0.15) is 12.5 Å². The van der Waals surface area contributed by atoms with Crippen LogP contribution in [-0.4, -0.2) is 7.11 Å². The van der Waals surface area contributed by atoms with Crippen molar-refractivity contribution in [2.45, 2.75) is 13.3 Å². The summed E-state index contributed by atoms with van der Waals surface area (Å²) in [6.07, 6.45) is 0.977. The zero-order chi connectivity index (χ0) is 13.0. The van der Waals surface area contributed by atoms with Crippen molar-refractivity contribution in [3.63, 3.8) is 0 Å². The maximum atomic E-state index is 5.96. The second kappa shape index (κ2) is 5.45. The van der Waals surface area contributed by atoms with E-state index in [1.807, 2.05) is 36.4 Å². The van der Waals surface area contributed by atoms with E-state index in [1.165, 1.54) is 5.56 Å². The Bertz CT molecular complexity index is 538. The predicted octanol–water partition coefficient (Wildman–Crippen LogP) is 3.63. The SMILES string of the molecule is CCc1cccc(Oc2cccc(OC)c2N)c1. The summed E-state index contributed by atoms with van der Waals surface area (Å²) < 4.78 is 11.0. The molecule has 0 spiro atoms. The summed E-state index contributed by atoms with van der Waals surface area (Å²) >= 11 is 0. The van der Waals surface area contributed by atoms with Crippen LogP contribution < -0.4 is 15.2 Å². The van der Waals surface area contributed by atoms with Crippen LogP contribution in [0.5, 0.6) is 17.2 Å². The number of aryl methyl sites for hydroxylation is 1. The highest BCUT2D eigenvalue weighted by Gasteiger charge is 2.07. The molecule has 0 heterocycles. The van der Waals surface area contributed by atoms with Gasteiger partial charge in [-0.2, -0.15) is 0 Å². The van der Waals surface area contributed by atoms with E-state index in [0.29, 0.717) is 17.2 Å². The molecule has 0 fully saturated rings. The Morgan fingerprint density at radius 1 is 1.06 bits per heavy atom. The molecule has 3 heteroatoms. The zero-order valence-electron chi connectivity index (χ0n) is 10.6. The lowest BCUT2D eigenvalue weighted by Gasteiger charge is -2.11. The highest BCUT2D eigenvalue weighted by atomic mass is 16.5. The van der Waals surface area contributed by atoms with Crippen molar-refractivity contribution in [1.82, 2.24) is 0 Å². The first-order valence-corrected chi connectivity index (χ1v) is 5.94. The maximum absolute atomic E-state index is 5.96. The van der Waals surface area contributed by atoms with Crippen molar-refractivity contribution >= 4 is 5.69 Å². The Balaban J connectivity index is 2.28. The number of anilines is 1. The fraction of sp³-hybridized carbons (Fsp3) is 0.200. The van der Waals surface area contributed by atoms with E-state index in [2.05, 4.69) is 13.0 Å². The molecule has 0 radical (unpaired) electrons. The molecule has 3 nitrogen and oxygen atoms in total. The first-order chi connectivity index (χ1) is 8.74. The number of ether oxygens (including phenoxy) is 2. The molecule has 18 heavy (non-hydrogen) atoms. The number of rotatable bonds is 4. The standard InChI is InChI=1S/C15H17NO2/c1-3-11-6-4-7-12(10-11)18-14-9-5-8-13(17-2)15(14)16/h4-10H,3,16H2,1-2H3. The Morgan fingerprint density at radius 2 is 1.78 bits per heavy atom. The number of nitrogens with two attached hydrogens (primary N) is 1. The van der Waals surface area contributed by atoms with Gasteiger partial charge in [0, 0.05) is 0 Å². The average Bonchev–Trinajstić information content (AvgIpc) is 2.41. The number of methoxy groups -OCH3 is 1. The largest absolute Gasteiger partial charge is 0.494 e. The molecular weight excluding hydrogens is 226 g/mol. The van der Waals surface area contributed by atoms with Gasteiger partial charge in [-0.25, -0.2) is 0 Å². The molecule has 0 aromatic heterocycles. The van der Waals surface area contributed by atoms with Gasteiger partial charge in [-0.05, 0) is 36.2 Å².